The average Bonchev–Trinajstić information content (AvgIpc) is 3.22. The summed E-state index contributed by atoms with van der Waals surface area (Å²) in [7, 11) is 1.60. The molecular formula is C22H20N4O5S. The lowest BCUT2D eigenvalue weighted by Crippen LogP contribution is -2.17. The summed E-state index contributed by atoms with van der Waals surface area (Å²) in [4.78, 5) is 11.7. The van der Waals surface area contributed by atoms with Gasteiger partial charge in [0.1, 0.15) is 23.5 Å². The van der Waals surface area contributed by atoms with Gasteiger partial charge in [-0.05, 0) is 30.3 Å². The maximum absolute atomic E-state index is 11.7. The third-order valence-electron chi connectivity index (χ3n) is 4.61. The van der Waals surface area contributed by atoms with Gasteiger partial charge in [-0.25, -0.2) is 4.68 Å². The Morgan fingerprint density at radius 2 is 1.88 bits per heavy atom. The molecule has 0 unspecified atom stereocenters. The summed E-state index contributed by atoms with van der Waals surface area (Å²) >= 11 is 1.30. The van der Waals surface area contributed by atoms with Gasteiger partial charge in [-0.1, -0.05) is 30.0 Å². The predicted octanol–water partition coefficient (Wildman–Crippen LogP) is 3.35. The lowest BCUT2D eigenvalue weighted by molar-refractivity contribution is 0.415. The van der Waals surface area contributed by atoms with E-state index in [1.807, 2.05) is 36.4 Å². The number of benzene rings is 2. The standard InChI is InChI=1S/C22H20N4O5S/c1-30-16-8-6-14(7-9-16)21-24-25-22(32-13-17-10-19(28)20(29)12-31-17)26(21)23-11-15-4-2-3-5-18(15)27/h2-10,12,23,27,29H,11,13H2,1H3. The fraction of sp³-hybridized carbons (Fsp3) is 0.136. The van der Waals surface area contributed by atoms with Crippen molar-refractivity contribution in [1.29, 1.82) is 0 Å². The van der Waals surface area contributed by atoms with Crippen molar-refractivity contribution in [3.8, 4) is 28.6 Å². The van der Waals surface area contributed by atoms with Crippen molar-refractivity contribution in [1.82, 2.24) is 14.9 Å². The second-order valence-electron chi connectivity index (χ2n) is 6.72. The van der Waals surface area contributed by atoms with Gasteiger partial charge in [0.05, 0.1) is 19.4 Å². The number of phenolic OH excluding ortho intramolecular Hbond substituents is 1. The maximum Gasteiger partial charge on any atom is 0.226 e. The van der Waals surface area contributed by atoms with Crippen LogP contribution in [0.2, 0.25) is 0 Å². The SMILES string of the molecule is COc1ccc(-c2nnc(SCc3cc(=O)c(O)co3)n2NCc2ccccc2O)cc1. The first-order valence-corrected chi connectivity index (χ1v) is 10.6. The lowest BCUT2D eigenvalue weighted by atomic mass is 10.2. The highest BCUT2D eigenvalue weighted by atomic mass is 32.2. The molecule has 0 amide bonds. The molecular weight excluding hydrogens is 432 g/mol. The summed E-state index contributed by atoms with van der Waals surface area (Å²) in [6, 6.07) is 15.7. The van der Waals surface area contributed by atoms with E-state index in [1.165, 1.54) is 17.8 Å². The zero-order valence-electron chi connectivity index (χ0n) is 17.1. The molecule has 0 saturated carbocycles. The summed E-state index contributed by atoms with van der Waals surface area (Å²) < 4.78 is 12.2. The largest absolute Gasteiger partial charge is 0.508 e. The monoisotopic (exact) mass is 452 g/mol. The number of phenols is 1. The predicted molar refractivity (Wildman–Crippen MR) is 119 cm³/mol. The van der Waals surface area contributed by atoms with Gasteiger partial charge in [0.2, 0.25) is 10.6 Å². The van der Waals surface area contributed by atoms with Crippen molar-refractivity contribution in [3.05, 3.63) is 82.4 Å². The molecule has 0 bridgehead atoms. The van der Waals surface area contributed by atoms with Gasteiger partial charge in [0.25, 0.3) is 0 Å². The Morgan fingerprint density at radius 3 is 2.59 bits per heavy atom. The van der Waals surface area contributed by atoms with Crippen LogP contribution in [0, 0.1) is 0 Å². The smallest absolute Gasteiger partial charge is 0.226 e. The Bertz CT molecular complexity index is 1270. The van der Waals surface area contributed by atoms with E-state index in [4.69, 9.17) is 9.15 Å². The van der Waals surface area contributed by atoms with Crippen LogP contribution in [0.5, 0.6) is 17.2 Å². The number of aromatic hydroxyl groups is 2. The van der Waals surface area contributed by atoms with E-state index in [-0.39, 0.29) is 5.75 Å². The van der Waals surface area contributed by atoms with Crippen molar-refractivity contribution in [2.45, 2.75) is 17.5 Å². The molecule has 10 heteroatoms. The molecule has 164 valence electrons. The number of para-hydroxylation sites is 1. The molecule has 0 spiro atoms. The summed E-state index contributed by atoms with van der Waals surface area (Å²) in [6.45, 7) is 0.329. The second-order valence-corrected chi connectivity index (χ2v) is 7.66. The molecule has 3 N–H and O–H groups in total. The van der Waals surface area contributed by atoms with Crippen LogP contribution in [-0.2, 0) is 12.3 Å². The molecule has 0 aliphatic heterocycles. The fourth-order valence-electron chi connectivity index (χ4n) is 2.91. The first-order valence-electron chi connectivity index (χ1n) is 9.59. The molecule has 0 radical (unpaired) electrons. The summed E-state index contributed by atoms with van der Waals surface area (Å²) in [6.07, 6.45) is 1.02. The molecule has 4 aromatic rings. The van der Waals surface area contributed by atoms with Gasteiger partial charge in [0.15, 0.2) is 11.6 Å². The van der Waals surface area contributed by atoms with Crippen molar-refractivity contribution >= 4 is 11.8 Å². The topological polar surface area (TPSA) is 123 Å². The number of hydrogen-bond acceptors (Lipinski definition) is 9. The molecule has 0 fully saturated rings. The Hall–Kier alpha value is -3.92. The van der Waals surface area contributed by atoms with E-state index in [2.05, 4.69) is 15.6 Å². The summed E-state index contributed by atoms with van der Waals surface area (Å²) in [5, 5.41) is 28.6. The Kier molecular flexibility index (Phi) is 6.31. The molecule has 2 aromatic carbocycles. The molecule has 0 atom stereocenters. The van der Waals surface area contributed by atoms with Gasteiger partial charge >= 0.3 is 0 Å². The third kappa shape index (κ3) is 4.70. The molecule has 0 aliphatic rings. The normalized spacial score (nSPS) is 10.8. The van der Waals surface area contributed by atoms with Crippen LogP contribution < -0.4 is 15.6 Å². The number of hydrogen-bond donors (Lipinski definition) is 3. The van der Waals surface area contributed by atoms with E-state index in [0.717, 1.165) is 17.6 Å². The van der Waals surface area contributed by atoms with Crippen LogP contribution >= 0.6 is 11.8 Å². The minimum atomic E-state index is -0.509. The number of rotatable bonds is 8. The Morgan fingerprint density at radius 1 is 1.09 bits per heavy atom. The number of nitrogens with zero attached hydrogens (tertiary/aromatic N) is 3. The molecule has 9 nitrogen and oxygen atoms in total. The molecule has 0 saturated heterocycles. The van der Waals surface area contributed by atoms with Gasteiger partial charge in [-0.3, -0.25) is 4.79 Å². The van der Waals surface area contributed by atoms with Crippen LogP contribution in [0.15, 0.2) is 75.2 Å². The number of nitrogens with one attached hydrogen (secondary N) is 1. The van der Waals surface area contributed by atoms with Crippen LogP contribution in [0.1, 0.15) is 11.3 Å². The fourth-order valence-corrected chi connectivity index (χ4v) is 3.71. The number of methoxy groups -OCH3 is 1. The maximum atomic E-state index is 11.7. The van der Waals surface area contributed by atoms with Gasteiger partial charge in [0, 0.05) is 17.2 Å². The summed E-state index contributed by atoms with van der Waals surface area (Å²) in [5.74, 6) is 1.72. The van der Waals surface area contributed by atoms with Crippen molar-refractivity contribution in [3.63, 3.8) is 0 Å². The third-order valence-corrected chi connectivity index (χ3v) is 5.56. The van der Waals surface area contributed by atoms with E-state index >= 15 is 0 Å². The zero-order valence-corrected chi connectivity index (χ0v) is 17.9. The molecule has 2 heterocycles. The van der Waals surface area contributed by atoms with Gasteiger partial charge < -0.3 is 24.8 Å². The summed E-state index contributed by atoms with van der Waals surface area (Å²) in [5.41, 5.74) is 4.26. The van der Waals surface area contributed by atoms with Crippen molar-refractivity contribution in [2.75, 3.05) is 12.5 Å². The van der Waals surface area contributed by atoms with Crippen LogP contribution in [-0.4, -0.2) is 32.2 Å². The lowest BCUT2D eigenvalue weighted by Gasteiger charge is -2.14. The van der Waals surface area contributed by atoms with Crippen LogP contribution in [0.25, 0.3) is 11.4 Å². The number of aromatic nitrogens is 3. The quantitative estimate of drug-likeness (QED) is 0.345. The average molecular weight is 452 g/mol. The van der Waals surface area contributed by atoms with Gasteiger partial charge in [-0.15, -0.1) is 10.2 Å². The first-order chi connectivity index (χ1) is 15.5. The molecule has 32 heavy (non-hydrogen) atoms. The first kappa shape index (κ1) is 21.3. The molecule has 4 rings (SSSR count). The molecule has 2 aromatic heterocycles. The van der Waals surface area contributed by atoms with Crippen molar-refractivity contribution in [2.24, 2.45) is 0 Å². The van der Waals surface area contributed by atoms with Crippen molar-refractivity contribution < 1.29 is 19.4 Å². The van der Waals surface area contributed by atoms with E-state index in [1.54, 1.807) is 23.9 Å². The van der Waals surface area contributed by atoms with Crippen LogP contribution in [0.4, 0.5) is 0 Å². The highest BCUT2D eigenvalue weighted by molar-refractivity contribution is 7.98. The minimum absolute atomic E-state index is 0.180. The van der Waals surface area contributed by atoms with Gasteiger partial charge in [-0.2, -0.15) is 0 Å². The van der Waals surface area contributed by atoms with Crippen LogP contribution in [0.3, 0.4) is 0 Å². The van der Waals surface area contributed by atoms with E-state index < -0.39 is 11.2 Å². The minimum Gasteiger partial charge on any atom is -0.508 e. The zero-order chi connectivity index (χ0) is 22.5. The van der Waals surface area contributed by atoms with E-state index in [0.29, 0.717) is 34.6 Å². The number of ether oxygens (including phenoxy) is 1. The number of thioether (sulfide) groups is 1. The highest BCUT2D eigenvalue weighted by Gasteiger charge is 2.16. The Labute approximate surface area is 187 Å². The second kappa shape index (κ2) is 9.48. The highest BCUT2D eigenvalue weighted by Crippen LogP contribution is 2.27. The van der Waals surface area contributed by atoms with E-state index in [9.17, 15) is 15.0 Å². The molecule has 0 aliphatic carbocycles. The Balaban J connectivity index is 1.62.